The van der Waals surface area contributed by atoms with Gasteiger partial charge in [0, 0.05) is 17.1 Å². The van der Waals surface area contributed by atoms with Crippen molar-refractivity contribution in [1.82, 2.24) is 4.98 Å². The standard InChI is InChI=1S/C11H10N2O/c1-7-4-5-13-10-6-8(11(12)14)2-3-9(7)10/h2-6H,1H3,(H2,12,14). The molecule has 1 aromatic heterocycles. The second-order valence-electron chi connectivity index (χ2n) is 3.22. The van der Waals surface area contributed by atoms with Crippen LogP contribution in [0.2, 0.25) is 0 Å². The number of hydrogen-bond donors (Lipinski definition) is 1. The zero-order valence-corrected chi connectivity index (χ0v) is 7.82. The predicted molar refractivity (Wildman–Crippen MR) is 55.0 cm³/mol. The lowest BCUT2D eigenvalue weighted by molar-refractivity contribution is 0.100. The van der Waals surface area contributed by atoms with E-state index in [-0.39, 0.29) is 0 Å². The molecule has 14 heavy (non-hydrogen) atoms. The number of fused-ring (bicyclic) bond motifs is 1. The summed E-state index contributed by atoms with van der Waals surface area (Å²) in [4.78, 5) is 15.1. The minimum absolute atomic E-state index is 0.421. The van der Waals surface area contributed by atoms with Crippen LogP contribution in [0.25, 0.3) is 10.9 Å². The first-order valence-electron chi connectivity index (χ1n) is 4.33. The Morgan fingerprint density at radius 3 is 2.86 bits per heavy atom. The van der Waals surface area contributed by atoms with Crippen LogP contribution in [-0.2, 0) is 0 Å². The second kappa shape index (κ2) is 3.10. The summed E-state index contributed by atoms with van der Waals surface area (Å²) in [6.07, 6.45) is 1.72. The lowest BCUT2D eigenvalue weighted by Gasteiger charge is -2.01. The molecule has 3 nitrogen and oxygen atoms in total. The van der Waals surface area contributed by atoms with Gasteiger partial charge in [-0.3, -0.25) is 9.78 Å². The zero-order chi connectivity index (χ0) is 10.1. The molecule has 2 N–H and O–H groups in total. The van der Waals surface area contributed by atoms with Gasteiger partial charge in [0.1, 0.15) is 0 Å². The third-order valence-electron chi connectivity index (χ3n) is 2.25. The minimum atomic E-state index is -0.421. The van der Waals surface area contributed by atoms with Crippen molar-refractivity contribution < 1.29 is 4.79 Å². The molecule has 0 atom stereocenters. The van der Waals surface area contributed by atoms with Gasteiger partial charge in [-0.25, -0.2) is 0 Å². The van der Waals surface area contributed by atoms with E-state index < -0.39 is 5.91 Å². The molecule has 0 aliphatic carbocycles. The number of aromatic nitrogens is 1. The second-order valence-corrected chi connectivity index (χ2v) is 3.22. The number of primary amides is 1. The van der Waals surface area contributed by atoms with Crippen molar-refractivity contribution in [2.24, 2.45) is 5.73 Å². The lowest BCUT2D eigenvalue weighted by Crippen LogP contribution is -2.10. The van der Waals surface area contributed by atoms with E-state index in [0.717, 1.165) is 16.5 Å². The van der Waals surface area contributed by atoms with Gasteiger partial charge in [-0.05, 0) is 30.7 Å². The Morgan fingerprint density at radius 2 is 2.14 bits per heavy atom. The van der Waals surface area contributed by atoms with Gasteiger partial charge < -0.3 is 5.73 Å². The summed E-state index contributed by atoms with van der Waals surface area (Å²) in [5.41, 5.74) is 7.62. The number of benzene rings is 1. The highest BCUT2D eigenvalue weighted by atomic mass is 16.1. The van der Waals surface area contributed by atoms with Gasteiger partial charge in [0.05, 0.1) is 5.52 Å². The van der Waals surface area contributed by atoms with Crippen molar-refractivity contribution in [2.45, 2.75) is 6.92 Å². The molecule has 0 aliphatic rings. The van der Waals surface area contributed by atoms with Gasteiger partial charge in [-0.15, -0.1) is 0 Å². The van der Waals surface area contributed by atoms with Crippen molar-refractivity contribution in [3.63, 3.8) is 0 Å². The number of rotatable bonds is 1. The van der Waals surface area contributed by atoms with E-state index in [9.17, 15) is 4.79 Å². The maximum atomic E-state index is 10.9. The van der Waals surface area contributed by atoms with Gasteiger partial charge in [-0.2, -0.15) is 0 Å². The zero-order valence-electron chi connectivity index (χ0n) is 7.82. The summed E-state index contributed by atoms with van der Waals surface area (Å²) in [7, 11) is 0. The summed E-state index contributed by atoms with van der Waals surface area (Å²) in [6.45, 7) is 2.01. The molecule has 0 saturated carbocycles. The number of amides is 1. The number of hydrogen-bond acceptors (Lipinski definition) is 2. The van der Waals surface area contributed by atoms with Gasteiger partial charge in [-0.1, -0.05) is 6.07 Å². The largest absolute Gasteiger partial charge is 0.366 e. The molecule has 0 aliphatic heterocycles. The highest BCUT2D eigenvalue weighted by Crippen LogP contribution is 2.16. The summed E-state index contributed by atoms with van der Waals surface area (Å²) in [5, 5.41) is 1.05. The number of nitrogens with two attached hydrogens (primary N) is 1. The number of carbonyl (C=O) groups is 1. The molecule has 0 saturated heterocycles. The fourth-order valence-corrected chi connectivity index (χ4v) is 1.44. The molecule has 3 heteroatoms. The number of carbonyl (C=O) groups excluding carboxylic acids is 1. The topological polar surface area (TPSA) is 56.0 Å². The predicted octanol–water partition coefficient (Wildman–Crippen LogP) is 1.64. The first kappa shape index (κ1) is 8.69. The Kier molecular flexibility index (Phi) is 1.93. The van der Waals surface area contributed by atoms with Gasteiger partial charge >= 0.3 is 0 Å². The van der Waals surface area contributed by atoms with Gasteiger partial charge in [0.2, 0.25) is 5.91 Å². The van der Waals surface area contributed by atoms with Crippen LogP contribution in [-0.4, -0.2) is 10.9 Å². The van der Waals surface area contributed by atoms with Crippen LogP contribution in [0.15, 0.2) is 30.5 Å². The van der Waals surface area contributed by atoms with Gasteiger partial charge in [0.25, 0.3) is 0 Å². The van der Waals surface area contributed by atoms with Crippen molar-refractivity contribution >= 4 is 16.8 Å². The summed E-state index contributed by atoms with van der Waals surface area (Å²) in [5.74, 6) is -0.421. The highest BCUT2D eigenvalue weighted by Gasteiger charge is 2.03. The fraction of sp³-hybridized carbons (Fsp3) is 0.0909. The Morgan fingerprint density at radius 1 is 1.36 bits per heavy atom. The van der Waals surface area contributed by atoms with Crippen LogP contribution in [0.4, 0.5) is 0 Å². The SMILES string of the molecule is Cc1ccnc2cc(C(N)=O)ccc12. The monoisotopic (exact) mass is 186 g/mol. The molecule has 0 unspecified atom stereocenters. The van der Waals surface area contributed by atoms with E-state index in [4.69, 9.17) is 5.73 Å². The molecule has 1 heterocycles. The summed E-state index contributed by atoms with van der Waals surface area (Å²) in [6, 6.07) is 7.24. The first-order chi connectivity index (χ1) is 6.68. The number of nitrogens with zero attached hydrogens (tertiary/aromatic N) is 1. The molecule has 1 aromatic carbocycles. The third kappa shape index (κ3) is 1.33. The maximum absolute atomic E-state index is 10.9. The van der Waals surface area contributed by atoms with E-state index in [1.54, 1.807) is 18.3 Å². The smallest absolute Gasteiger partial charge is 0.248 e. The Bertz CT molecular complexity index is 506. The Balaban J connectivity index is 2.73. The van der Waals surface area contributed by atoms with Crippen molar-refractivity contribution in [3.05, 3.63) is 41.6 Å². The summed E-state index contributed by atoms with van der Waals surface area (Å²) >= 11 is 0. The van der Waals surface area contributed by atoms with Crippen molar-refractivity contribution in [1.29, 1.82) is 0 Å². The van der Waals surface area contributed by atoms with Crippen LogP contribution in [0.3, 0.4) is 0 Å². The molecule has 1 amide bonds. The molecule has 2 aromatic rings. The Hall–Kier alpha value is -1.90. The Labute approximate surface area is 81.6 Å². The summed E-state index contributed by atoms with van der Waals surface area (Å²) < 4.78 is 0. The molecule has 0 spiro atoms. The first-order valence-corrected chi connectivity index (χ1v) is 4.33. The van der Waals surface area contributed by atoms with E-state index in [1.807, 2.05) is 19.1 Å². The molecular formula is C11H10N2O. The lowest BCUT2D eigenvalue weighted by atomic mass is 10.1. The highest BCUT2D eigenvalue weighted by molar-refractivity contribution is 5.97. The number of aryl methyl sites for hydroxylation is 1. The molecule has 0 fully saturated rings. The normalized spacial score (nSPS) is 10.4. The van der Waals surface area contributed by atoms with E-state index >= 15 is 0 Å². The van der Waals surface area contributed by atoms with Crippen LogP contribution in [0.5, 0.6) is 0 Å². The van der Waals surface area contributed by atoms with Crippen LogP contribution < -0.4 is 5.73 Å². The molecule has 2 rings (SSSR count). The van der Waals surface area contributed by atoms with Crippen molar-refractivity contribution in [2.75, 3.05) is 0 Å². The van der Waals surface area contributed by atoms with E-state index in [0.29, 0.717) is 5.56 Å². The van der Waals surface area contributed by atoms with Crippen molar-refractivity contribution in [3.8, 4) is 0 Å². The fourth-order valence-electron chi connectivity index (χ4n) is 1.44. The molecular weight excluding hydrogens is 176 g/mol. The quantitative estimate of drug-likeness (QED) is 0.736. The average molecular weight is 186 g/mol. The third-order valence-corrected chi connectivity index (χ3v) is 2.25. The van der Waals surface area contributed by atoms with Gasteiger partial charge in [0.15, 0.2) is 0 Å². The van der Waals surface area contributed by atoms with Crippen LogP contribution in [0.1, 0.15) is 15.9 Å². The number of pyridine rings is 1. The van der Waals surface area contributed by atoms with E-state index in [1.165, 1.54) is 0 Å². The van der Waals surface area contributed by atoms with Crippen LogP contribution >= 0.6 is 0 Å². The molecule has 0 bridgehead atoms. The average Bonchev–Trinajstić information content (AvgIpc) is 2.17. The minimum Gasteiger partial charge on any atom is -0.366 e. The molecule has 70 valence electrons. The molecule has 0 radical (unpaired) electrons. The van der Waals surface area contributed by atoms with Crippen LogP contribution in [0, 0.1) is 6.92 Å². The maximum Gasteiger partial charge on any atom is 0.248 e. The van der Waals surface area contributed by atoms with E-state index in [2.05, 4.69) is 4.98 Å².